The molecule has 1 rings (SSSR count). The molecule has 1 amide bonds. The quantitative estimate of drug-likeness (QED) is 0.451. The van der Waals surface area contributed by atoms with Crippen molar-refractivity contribution in [1.82, 2.24) is 4.90 Å². The molecule has 1 aromatic rings. The summed E-state index contributed by atoms with van der Waals surface area (Å²) in [5, 5.41) is 3.96. The highest BCUT2D eigenvalue weighted by Crippen LogP contribution is 2.01. The lowest BCUT2D eigenvalue weighted by atomic mass is 10.2. The van der Waals surface area contributed by atoms with E-state index in [1.54, 1.807) is 7.05 Å². The van der Waals surface area contributed by atoms with E-state index in [0.717, 1.165) is 11.3 Å². The highest BCUT2D eigenvalue weighted by molar-refractivity contribution is 6.27. The molecule has 98 valence electrons. The third-order valence-corrected chi connectivity index (χ3v) is 2.53. The van der Waals surface area contributed by atoms with Gasteiger partial charge in [-0.1, -0.05) is 35.5 Å². The minimum Gasteiger partial charge on any atom is -0.391 e. The van der Waals surface area contributed by atoms with Crippen LogP contribution in [-0.4, -0.2) is 36.0 Å². The number of benzene rings is 1. The standard InChI is InChI=1S/C13H17ClN2O2/c1-11(9-16(2)13(17)8-14)15-18-10-12-6-4-3-5-7-12/h3-7H,8-10H2,1-2H3/b15-11+. The van der Waals surface area contributed by atoms with Gasteiger partial charge < -0.3 is 9.74 Å². The number of hydrogen-bond donors (Lipinski definition) is 0. The Kier molecular flexibility index (Phi) is 6.22. The minimum atomic E-state index is -0.130. The zero-order chi connectivity index (χ0) is 13.4. The molecule has 0 heterocycles. The fraction of sp³-hybridized carbons (Fsp3) is 0.385. The zero-order valence-electron chi connectivity index (χ0n) is 10.6. The van der Waals surface area contributed by atoms with Gasteiger partial charge in [-0.2, -0.15) is 0 Å². The minimum absolute atomic E-state index is 0.0192. The monoisotopic (exact) mass is 268 g/mol. The Morgan fingerprint density at radius 1 is 1.39 bits per heavy atom. The van der Waals surface area contributed by atoms with Crippen LogP contribution in [0.2, 0.25) is 0 Å². The van der Waals surface area contributed by atoms with Crippen LogP contribution in [0.3, 0.4) is 0 Å². The lowest BCUT2D eigenvalue weighted by Crippen LogP contribution is -2.32. The fourth-order valence-electron chi connectivity index (χ4n) is 1.35. The Morgan fingerprint density at radius 2 is 2.06 bits per heavy atom. The van der Waals surface area contributed by atoms with Crippen molar-refractivity contribution in [2.45, 2.75) is 13.5 Å². The highest BCUT2D eigenvalue weighted by atomic mass is 35.5. The molecule has 0 spiro atoms. The SMILES string of the molecule is C/C(CN(C)C(=O)CCl)=N\OCc1ccccc1. The van der Waals surface area contributed by atoms with Gasteiger partial charge >= 0.3 is 0 Å². The van der Waals surface area contributed by atoms with Gasteiger partial charge in [0.05, 0.1) is 12.3 Å². The molecule has 0 fully saturated rings. The van der Waals surface area contributed by atoms with Gasteiger partial charge in [0.1, 0.15) is 12.5 Å². The number of alkyl halides is 1. The molecule has 4 nitrogen and oxygen atoms in total. The summed E-state index contributed by atoms with van der Waals surface area (Å²) >= 11 is 5.45. The Hall–Kier alpha value is -1.55. The van der Waals surface area contributed by atoms with E-state index in [-0.39, 0.29) is 11.8 Å². The third kappa shape index (κ3) is 5.19. The normalized spacial score (nSPS) is 11.2. The highest BCUT2D eigenvalue weighted by Gasteiger charge is 2.07. The van der Waals surface area contributed by atoms with Crippen molar-refractivity contribution in [1.29, 1.82) is 0 Å². The first-order valence-electron chi connectivity index (χ1n) is 5.62. The van der Waals surface area contributed by atoms with Crippen LogP contribution in [0, 0.1) is 0 Å². The van der Waals surface area contributed by atoms with Gasteiger partial charge in [0.2, 0.25) is 5.91 Å². The molecule has 0 aliphatic heterocycles. The van der Waals surface area contributed by atoms with Crippen LogP contribution in [0.15, 0.2) is 35.5 Å². The summed E-state index contributed by atoms with van der Waals surface area (Å²) in [5.74, 6) is -0.149. The van der Waals surface area contributed by atoms with E-state index < -0.39 is 0 Å². The van der Waals surface area contributed by atoms with E-state index >= 15 is 0 Å². The maximum atomic E-state index is 11.2. The van der Waals surface area contributed by atoms with E-state index in [1.165, 1.54) is 4.90 Å². The number of nitrogens with zero attached hydrogens (tertiary/aromatic N) is 2. The summed E-state index contributed by atoms with van der Waals surface area (Å²) in [6, 6.07) is 9.77. The predicted molar refractivity (Wildman–Crippen MR) is 72.7 cm³/mol. The molecule has 5 heteroatoms. The van der Waals surface area contributed by atoms with Crippen molar-refractivity contribution in [3.8, 4) is 0 Å². The molecule has 0 saturated heterocycles. The number of halogens is 1. The predicted octanol–water partition coefficient (Wildman–Crippen LogP) is 2.28. The second-order valence-electron chi connectivity index (χ2n) is 3.97. The van der Waals surface area contributed by atoms with E-state index in [4.69, 9.17) is 16.4 Å². The van der Waals surface area contributed by atoms with E-state index in [0.29, 0.717) is 13.2 Å². The van der Waals surface area contributed by atoms with E-state index in [1.807, 2.05) is 37.3 Å². The molecule has 0 aliphatic rings. The molecule has 1 aromatic carbocycles. The maximum Gasteiger partial charge on any atom is 0.237 e. The first-order valence-corrected chi connectivity index (χ1v) is 6.16. The third-order valence-electron chi connectivity index (χ3n) is 2.30. The largest absolute Gasteiger partial charge is 0.391 e. The average molecular weight is 269 g/mol. The number of oxime groups is 1. The summed E-state index contributed by atoms with van der Waals surface area (Å²) in [7, 11) is 1.68. The number of carbonyl (C=O) groups is 1. The van der Waals surface area contributed by atoms with Crippen molar-refractivity contribution in [2.24, 2.45) is 5.16 Å². The second kappa shape index (κ2) is 7.71. The molecule has 18 heavy (non-hydrogen) atoms. The van der Waals surface area contributed by atoms with Crippen LogP contribution >= 0.6 is 11.6 Å². The Morgan fingerprint density at radius 3 is 2.67 bits per heavy atom. The Balaban J connectivity index is 2.36. The van der Waals surface area contributed by atoms with Crippen molar-refractivity contribution < 1.29 is 9.63 Å². The molecule has 0 radical (unpaired) electrons. The first-order chi connectivity index (χ1) is 8.63. The Bertz CT molecular complexity index is 407. The lowest BCUT2D eigenvalue weighted by Gasteiger charge is -2.14. The summed E-state index contributed by atoms with van der Waals surface area (Å²) in [4.78, 5) is 18.0. The van der Waals surface area contributed by atoms with E-state index in [2.05, 4.69) is 5.16 Å². The van der Waals surface area contributed by atoms with Crippen LogP contribution in [0.1, 0.15) is 12.5 Å². The molecular weight excluding hydrogens is 252 g/mol. The molecule has 0 N–H and O–H groups in total. The van der Waals surface area contributed by atoms with Crippen molar-refractivity contribution in [2.75, 3.05) is 19.5 Å². The molecule has 0 bridgehead atoms. The summed E-state index contributed by atoms with van der Waals surface area (Å²) in [5.41, 5.74) is 1.78. The molecule has 0 atom stereocenters. The number of rotatable bonds is 6. The lowest BCUT2D eigenvalue weighted by molar-refractivity contribution is -0.126. The van der Waals surface area contributed by atoms with Gasteiger partial charge in [0.15, 0.2) is 0 Å². The average Bonchev–Trinajstić information content (AvgIpc) is 2.38. The van der Waals surface area contributed by atoms with Gasteiger partial charge in [0.25, 0.3) is 0 Å². The zero-order valence-corrected chi connectivity index (χ0v) is 11.4. The van der Waals surface area contributed by atoms with Crippen molar-refractivity contribution >= 4 is 23.2 Å². The maximum absolute atomic E-state index is 11.2. The molecule has 0 aliphatic carbocycles. The van der Waals surface area contributed by atoms with Crippen LogP contribution in [0.4, 0.5) is 0 Å². The van der Waals surface area contributed by atoms with E-state index in [9.17, 15) is 4.79 Å². The van der Waals surface area contributed by atoms with Crippen molar-refractivity contribution in [3.63, 3.8) is 0 Å². The van der Waals surface area contributed by atoms with Crippen LogP contribution in [-0.2, 0) is 16.2 Å². The van der Waals surface area contributed by atoms with Crippen LogP contribution in [0.25, 0.3) is 0 Å². The Labute approximate surface area is 112 Å². The molecule has 0 aromatic heterocycles. The second-order valence-corrected chi connectivity index (χ2v) is 4.24. The number of carbonyl (C=O) groups excluding carboxylic acids is 1. The van der Waals surface area contributed by atoms with Gasteiger partial charge in [-0.25, -0.2) is 0 Å². The van der Waals surface area contributed by atoms with Crippen LogP contribution in [0.5, 0.6) is 0 Å². The van der Waals surface area contributed by atoms with Gasteiger partial charge in [0, 0.05) is 7.05 Å². The molecule has 0 unspecified atom stereocenters. The van der Waals surface area contributed by atoms with Crippen LogP contribution < -0.4 is 0 Å². The summed E-state index contributed by atoms with van der Waals surface area (Å²) in [6.07, 6.45) is 0. The first kappa shape index (κ1) is 14.5. The summed E-state index contributed by atoms with van der Waals surface area (Å²) < 4.78 is 0. The number of hydrogen-bond acceptors (Lipinski definition) is 3. The molecule has 0 saturated carbocycles. The fourth-order valence-corrected chi connectivity index (χ4v) is 1.56. The van der Waals surface area contributed by atoms with Gasteiger partial charge in [-0.3, -0.25) is 4.79 Å². The van der Waals surface area contributed by atoms with Crippen molar-refractivity contribution in [3.05, 3.63) is 35.9 Å². The number of amides is 1. The smallest absolute Gasteiger partial charge is 0.237 e. The van der Waals surface area contributed by atoms with Gasteiger partial charge in [-0.15, -0.1) is 11.6 Å². The topological polar surface area (TPSA) is 41.9 Å². The van der Waals surface area contributed by atoms with Gasteiger partial charge in [-0.05, 0) is 12.5 Å². The molecular formula is C13H17ClN2O2. The summed E-state index contributed by atoms with van der Waals surface area (Å²) in [6.45, 7) is 2.65.